The Morgan fingerprint density at radius 3 is 2.10 bits per heavy atom. The summed E-state index contributed by atoms with van der Waals surface area (Å²) in [5, 5.41) is 16.8. The van der Waals surface area contributed by atoms with Crippen LogP contribution in [0.2, 0.25) is 0 Å². The second kappa shape index (κ2) is 13.1. The molecule has 0 radical (unpaired) electrons. The molecule has 0 bridgehead atoms. The molecule has 19 heteroatoms. The largest absolute Gasteiger partial charge is 0.490 e. The maximum atomic E-state index is 12.9. The van der Waals surface area contributed by atoms with Gasteiger partial charge in [0.2, 0.25) is 15.9 Å². The number of pyridine rings is 1. The molecule has 0 saturated carbocycles. The number of nitrogens with zero attached hydrogens (tertiary/aromatic N) is 4. The molecule has 2 saturated heterocycles. The third-order valence-electron chi connectivity index (χ3n) is 5.56. The SMILES string of the molecule is COc1ncccc1CN1CC2CN(Cc3csc(C)n3)S(=O)(=O)C2C1.O=C(O)C(F)(F)F.O=C(O)C(F)(F)F. The summed E-state index contributed by atoms with van der Waals surface area (Å²) in [7, 11) is -1.68. The van der Waals surface area contributed by atoms with Gasteiger partial charge in [0.05, 0.1) is 29.6 Å². The molecule has 4 rings (SSSR count). The molecule has 224 valence electrons. The number of hydrogen-bond donors (Lipinski definition) is 2. The van der Waals surface area contributed by atoms with Gasteiger partial charge in [0.1, 0.15) is 0 Å². The van der Waals surface area contributed by atoms with Gasteiger partial charge in [-0.05, 0) is 13.0 Å². The highest BCUT2D eigenvalue weighted by Gasteiger charge is 2.51. The van der Waals surface area contributed by atoms with E-state index in [9.17, 15) is 34.8 Å². The van der Waals surface area contributed by atoms with Crippen molar-refractivity contribution in [2.24, 2.45) is 5.92 Å². The van der Waals surface area contributed by atoms with Gasteiger partial charge >= 0.3 is 24.3 Å². The minimum absolute atomic E-state index is 0.141. The standard InChI is InChI=1S/C17H22N4O3S2.2C2HF3O2/c1-12-19-15(11-25-12)9-21-8-14-7-20(10-16(14)26(21,22)23)6-13-4-3-5-18-17(13)24-2;2*3-2(4,5)1(6)7/h3-5,11,14,16H,6-10H2,1-2H3;2*(H,6,7). The Bertz CT molecular complexity index is 1260. The number of alkyl halides is 6. The van der Waals surface area contributed by atoms with Gasteiger partial charge in [-0.15, -0.1) is 11.3 Å². The zero-order chi connectivity index (χ0) is 30.5. The molecule has 2 atom stereocenters. The Kier molecular flexibility index (Phi) is 10.9. The van der Waals surface area contributed by atoms with Gasteiger partial charge in [0.25, 0.3) is 0 Å². The van der Waals surface area contributed by atoms with E-state index in [-0.39, 0.29) is 11.2 Å². The maximum Gasteiger partial charge on any atom is 0.490 e. The van der Waals surface area contributed by atoms with Crippen LogP contribution in [0.3, 0.4) is 0 Å². The highest BCUT2D eigenvalue weighted by molar-refractivity contribution is 7.90. The zero-order valence-corrected chi connectivity index (χ0v) is 22.4. The second-order valence-electron chi connectivity index (χ2n) is 8.47. The molecule has 0 aromatic carbocycles. The predicted octanol–water partition coefficient (Wildman–Crippen LogP) is 2.77. The summed E-state index contributed by atoms with van der Waals surface area (Å²) in [4.78, 5) is 28.6. The van der Waals surface area contributed by atoms with E-state index in [1.807, 2.05) is 24.4 Å². The summed E-state index contributed by atoms with van der Waals surface area (Å²) < 4.78 is 96.3. The fraction of sp³-hybridized carbons (Fsp3) is 0.524. The van der Waals surface area contributed by atoms with Crippen LogP contribution in [0.4, 0.5) is 26.3 Å². The number of sulfonamides is 1. The van der Waals surface area contributed by atoms with Crippen LogP contribution in [0, 0.1) is 12.8 Å². The Labute approximate surface area is 228 Å². The van der Waals surface area contributed by atoms with Crippen molar-refractivity contribution in [1.82, 2.24) is 19.2 Å². The van der Waals surface area contributed by atoms with Crippen LogP contribution in [-0.4, -0.2) is 94.1 Å². The van der Waals surface area contributed by atoms with Gasteiger partial charge in [-0.25, -0.2) is 28.0 Å². The molecule has 2 fully saturated rings. The number of aryl methyl sites for hydroxylation is 1. The van der Waals surface area contributed by atoms with Crippen LogP contribution in [0.1, 0.15) is 16.3 Å². The van der Waals surface area contributed by atoms with Crippen molar-refractivity contribution < 1.29 is 59.3 Å². The fourth-order valence-electron chi connectivity index (χ4n) is 3.91. The lowest BCUT2D eigenvalue weighted by Crippen LogP contribution is -2.34. The molecule has 2 N–H and O–H groups in total. The number of rotatable bonds is 5. The summed E-state index contributed by atoms with van der Waals surface area (Å²) in [5.41, 5.74) is 1.83. The van der Waals surface area contributed by atoms with Crippen LogP contribution in [-0.2, 0) is 32.7 Å². The number of carboxylic acids is 2. The molecular formula is C21H24F6N4O7S2. The average Bonchev–Trinajstić information content (AvgIpc) is 3.49. The van der Waals surface area contributed by atoms with Gasteiger partial charge < -0.3 is 14.9 Å². The molecule has 0 spiro atoms. The Hall–Kier alpha value is -3.03. The monoisotopic (exact) mass is 622 g/mol. The summed E-state index contributed by atoms with van der Waals surface area (Å²) in [6, 6.07) is 3.86. The summed E-state index contributed by atoms with van der Waals surface area (Å²) >= 11 is 1.56. The van der Waals surface area contributed by atoms with Crippen LogP contribution < -0.4 is 4.74 Å². The molecule has 2 unspecified atom stereocenters. The fourth-order valence-corrected chi connectivity index (χ4v) is 6.67. The lowest BCUT2D eigenvalue weighted by molar-refractivity contribution is -0.193. The Morgan fingerprint density at radius 1 is 1.07 bits per heavy atom. The van der Waals surface area contributed by atoms with E-state index < -0.39 is 34.3 Å². The van der Waals surface area contributed by atoms with Crippen LogP contribution >= 0.6 is 11.3 Å². The van der Waals surface area contributed by atoms with E-state index in [0.717, 1.165) is 22.8 Å². The maximum absolute atomic E-state index is 12.9. The lowest BCUT2D eigenvalue weighted by Gasteiger charge is -2.21. The van der Waals surface area contributed by atoms with Gasteiger partial charge in [0.15, 0.2) is 0 Å². The number of likely N-dealkylation sites (tertiary alicyclic amines) is 1. The number of thiazole rings is 1. The van der Waals surface area contributed by atoms with Gasteiger partial charge in [0, 0.05) is 49.2 Å². The number of aliphatic carboxylic acids is 2. The number of methoxy groups -OCH3 is 1. The molecule has 4 heterocycles. The van der Waals surface area contributed by atoms with E-state index in [4.69, 9.17) is 24.5 Å². The molecule has 11 nitrogen and oxygen atoms in total. The summed E-state index contributed by atoms with van der Waals surface area (Å²) in [5.74, 6) is -4.77. The molecule has 2 aliphatic heterocycles. The van der Waals surface area contributed by atoms with Crippen molar-refractivity contribution in [3.05, 3.63) is 40.0 Å². The molecule has 2 aromatic heterocycles. The number of carboxylic acid groups (broad SMARTS) is 2. The first-order valence-corrected chi connectivity index (χ1v) is 13.4. The third-order valence-corrected chi connectivity index (χ3v) is 8.68. The van der Waals surface area contributed by atoms with E-state index in [2.05, 4.69) is 14.9 Å². The number of halogens is 6. The van der Waals surface area contributed by atoms with Crippen molar-refractivity contribution in [3.8, 4) is 5.88 Å². The van der Waals surface area contributed by atoms with Crippen LogP contribution in [0.25, 0.3) is 0 Å². The van der Waals surface area contributed by atoms with Gasteiger partial charge in [-0.3, -0.25) is 4.90 Å². The lowest BCUT2D eigenvalue weighted by atomic mass is 10.1. The van der Waals surface area contributed by atoms with E-state index in [0.29, 0.717) is 32.1 Å². The highest BCUT2D eigenvalue weighted by atomic mass is 32.2. The zero-order valence-electron chi connectivity index (χ0n) is 20.8. The minimum Gasteiger partial charge on any atom is -0.481 e. The molecule has 40 heavy (non-hydrogen) atoms. The third kappa shape index (κ3) is 9.00. The topological polar surface area (TPSA) is 150 Å². The molecule has 2 aromatic rings. The molecule has 0 amide bonds. The molecule has 0 aliphatic carbocycles. The van der Waals surface area contributed by atoms with Crippen molar-refractivity contribution >= 4 is 33.3 Å². The van der Waals surface area contributed by atoms with Crippen molar-refractivity contribution in [2.75, 3.05) is 26.7 Å². The number of fused-ring (bicyclic) bond motifs is 1. The van der Waals surface area contributed by atoms with Gasteiger partial charge in [-0.1, -0.05) is 6.07 Å². The van der Waals surface area contributed by atoms with E-state index in [1.165, 1.54) is 0 Å². The molecule has 2 aliphatic rings. The predicted molar refractivity (Wildman–Crippen MR) is 127 cm³/mol. The van der Waals surface area contributed by atoms with E-state index >= 15 is 0 Å². The summed E-state index contributed by atoms with van der Waals surface area (Å²) in [6.07, 6.45) is -8.47. The first-order valence-electron chi connectivity index (χ1n) is 11.1. The van der Waals surface area contributed by atoms with E-state index in [1.54, 1.807) is 28.9 Å². The average molecular weight is 623 g/mol. The van der Waals surface area contributed by atoms with Crippen molar-refractivity contribution in [1.29, 1.82) is 0 Å². The Morgan fingerprint density at radius 2 is 1.65 bits per heavy atom. The van der Waals surface area contributed by atoms with Crippen molar-refractivity contribution in [2.45, 2.75) is 37.6 Å². The van der Waals surface area contributed by atoms with Crippen LogP contribution in [0.15, 0.2) is 23.7 Å². The Balaban J connectivity index is 0.000000333. The highest BCUT2D eigenvalue weighted by Crippen LogP contribution is 2.35. The quantitative estimate of drug-likeness (QED) is 0.477. The summed E-state index contributed by atoms with van der Waals surface area (Å²) in [6.45, 7) is 4.88. The number of carbonyl (C=O) groups is 2. The van der Waals surface area contributed by atoms with Crippen LogP contribution in [0.5, 0.6) is 5.88 Å². The number of aromatic nitrogens is 2. The number of ether oxygens (including phenoxy) is 1. The first-order chi connectivity index (χ1) is 18.4. The second-order valence-corrected chi connectivity index (χ2v) is 11.7. The smallest absolute Gasteiger partial charge is 0.481 e. The number of hydrogen-bond acceptors (Lipinski definition) is 9. The minimum atomic E-state index is -5.08. The van der Waals surface area contributed by atoms with Gasteiger partial charge in [-0.2, -0.15) is 30.6 Å². The normalized spacial score (nSPS) is 20.5. The first kappa shape index (κ1) is 33.2. The molecular weight excluding hydrogens is 598 g/mol. The van der Waals surface area contributed by atoms with Crippen molar-refractivity contribution in [3.63, 3.8) is 0 Å².